The molecule has 0 aromatic heterocycles. The van der Waals surface area contributed by atoms with Crippen LogP contribution in [-0.2, 0) is 11.2 Å². The third kappa shape index (κ3) is 5.46. The number of carbonyl (C=O) groups is 2. The van der Waals surface area contributed by atoms with Crippen molar-refractivity contribution in [2.75, 3.05) is 35.3 Å². The molecule has 0 radical (unpaired) electrons. The van der Waals surface area contributed by atoms with Crippen molar-refractivity contribution < 1.29 is 14.7 Å². The van der Waals surface area contributed by atoms with Gasteiger partial charge >= 0.3 is 0 Å². The number of aliphatic hydroxyl groups is 1. The van der Waals surface area contributed by atoms with E-state index in [0.29, 0.717) is 17.7 Å². The molecule has 3 aromatic rings. The lowest BCUT2D eigenvalue weighted by molar-refractivity contribution is -0.115. The number of aryl methyl sites for hydroxylation is 1. The lowest BCUT2D eigenvalue weighted by atomic mass is 10.1. The van der Waals surface area contributed by atoms with Crippen LogP contribution in [0.2, 0.25) is 0 Å². The molecule has 2 amide bonds. The molecule has 1 aliphatic heterocycles. The van der Waals surface area contributed by atoms with Gasteiger partial charge < -0.3 is 20.2 Å². The molecule has 0 spiro atoms. The monoisotopic (exact) mass is 457 g/mol. The number of hydrogen-bond acceptors (Lipinski definition) is 4. The number of nitrogens with zero attached hydrogens (tertiary/aromatic N) is 2. The predicted molar refractivity (Wildman–Crippen MR) is 137 cm³/mol. The maximum Gasteiger partial charge on any atom is 0.258 e. The largest absolute Gasteiger partial charge is 0.393 e. The summed E-state index contributed by atoms with van der Waals surface area (Å²) < 4.78 is 0. The lowest BCUT2D eigenvalue weighted by Crippen LogP contribution is -2.37. The van der Waals surface area contributed by atoms with Gasteiger partial charge in [0.05, 0.1) is 23.9 Å². The molecule has 0 atom stereocenters. The minimum absolute atomic E-state index is 0.0916. The average molecular weight is 458 g/mol. The number of amides is 2. The van der Waals surface area contributed by atoms with Gasteiger partial charge in [-0.25, -0.2) is 0 Å². The number of para-hydroxylation sites is 2. The zero-order valence-corrected chi connectivity index (χ0v) is 19.7. The SMILES string of the molecule is Cc1ccccc1CC(=O)Nc1ccc(C(=O)N(C)c2ccccc2N2CCC(O)CC2)cc1. The van der Waals surface area contributed by atoms with Crippen LogP contribution >= 0.6 is 0 Å². The smallest absolute Gasteiger partial charge is 0.258 e. The molecule has 0 unspecified atom stereocenters. The van der Waals surface area contributed by atoms with E-state index in [2.05, 4.69) is 10.2 Å². The van der Waals surface area contributed by atoms with Crippen molar-refractivity contribution in [2.45, 2.75) is 32.3 Å². The van der Waals surface area contributed by atoms with Crippen LogP contribution < -0.4 is 15.1 Å². The molecule has 0 bridgehead atoms. The minimum atomic E-state index is -0.251. The Kier molecular flexibility index (Phi) is 7.28. The highest BCUT2D eigenvalue weighted by molar-refractivity contribution is 6.07. The van der Waals surface area contributed by atoms with E-state index in [1.54, 1.807) is 36.2 Å². The van der Waals surface area contributed by atoms with Gasteiger partial charge in [-0.3, -0.25) is 9.59 Å². The molecular weight excluding hydrogens is 426 g/mol. The van der Waals surface area contributed by atoms with Crippen molar-refractivity contribution in [3.05, 3.63) is 89.5 Å². The van der Waals surface area contributed by atoms with Gasteiger partial charge in [-0.2, -0.15) is 0 Å². The highest BCUT2D eigenvalue weighted by atomic mass is 16.3. The van der Waals surface area contributed by atoms with Crippen LogP contribution in [0, 0.1) is 6.92 Å². The van der Waals surface area contributed by atoms with E-state index in [0.717, 1.165) is 48.4 Å². The maximum absolute atomic E-state index is 13.2. The zero-order chi connectivity index (χ0) is 24.1. The Balaban J connectivity index is 1.43. The molecule has 3 aromatic carbocycles. The summed E-state index contributed by atoms with van der Waals surface area (Å²) in [6.45, 7) is 3.51. The Hall–Kier alpha value is -3.64. The van der Waals surface area contributed by atoms with Crippen molar-refractivity contribution in [3.8, 4) is 0 Å². The van der Waals surface area contributed by atoms with Gasteiger partial charge in [0.1, 0.15) is 0 Å². The van der Waals surface area contributed by atoms with Crippen molar-refractivity contribution >= 4 is 28.9 Å². The molecule has 4 rings (SSSR count). The fourth-order valence-corrected chi connectivity index (χ4v) is 4.31. The van der Waals surface area contributed by atoms with Crippen LogP contribution in [0.1, 0.15) is 34.3 Å². The molecule has 0 aliphatic carbocycles. The molecule has 2 N–H and O–H groups in total. The van der Waals surface area contributed by atoms with Crippen molar-refractivity contribution in [1.82, 2.24) is 0 Å². The van der Waals surface area contributed by atoms with Gasteiger partial charge in [-0.05, 0) is 67.3 Å². The van der Waals surface area contributed by atoms with E-state index in [1.807, 2.05) is 55.5 Å². The Morgan fingerprint density at radius 2 is 1.62 bits per heavy atom. The summed E-state index contributed by atoms with van der Waals surface area (Å²) in [5, 5.41) is 12.7. The first kappa shape index (κ1) is 23.5. The molecule has 1 saturated heterocycles. The Bertz CT molecular complexity index is 1150. The first-order chi connectivity index (χ1) is 16.4. The normalized spacial score (nSPS) is 14.0. The van der Waals surface area contributed by atoms with Crippen molar-refractivity contribution in [2.24, 2.45) is 0 Å². The van der Waals surface area contributed by atoms with Gasteiger partial charge in [0.15, 0.2) is 0 Å². The van der Waals surface area contributed by atoms with Crippen molar-refractivity contribution in [3.63, 3.8) is 0 Å². The summed E-state index contributed by atoms with van der Waals surface area (Å²) in [4.78, 5) is 29.6. The summed E-state index contributed by atoms with van der Waals surface area (Å²) >= 11 is 0. The standard InChI is InChI=1S/C28H31N3O3/c1-20-7-3-4-8-22(20)19-27(33)29-23-13-11-21(12-14-23)28(34)30(2)25-9-5-6-10-26(25)31-17-15-24(32)16-18-31/h3-14,24,32H,15-19H2,1-2H3,(H,29,33). The first-order valence-electron chi connectivity index (χ1n) is 11.7. The highest BCUT2D eigenvalue weighted by Gasteiger charge is 2.23. The number of carbonyl (C=O) groups excluding carboxylic acids is 2. The fourth-order valence-electron chi connectivity index (χ4n) is 4.31. The summed E-state index contributed by atoms with van der Waals surface area (Å²) in [7, 11) is 1.78. The second-order valence-electron chi connectivity index (χ2n) is 8.80. The van der Waals surface area contributed by atoms with E-state index < -0.39 is 0 Å². The molecule has 6 heteroatoms. The molecular formula is C28H31N3O3. The second-order valence-corrected chi connectivity index (χ2v) is 8.80. The molecule has 0 saturated carbocycles. The number of hydrogen-bond donors (Lipinski definition) is 2. The third-order valence-electron chi connectivity index (χ3n) is 6.38. The number of rotatable bonds is 6. The number of aliphatic hydroxyl groups excluding tert-OH is 1. The van der Waals surface area contributed by atoms with Crippen LogP contribution in [0.3, 0.4) is 0 Å². The minimum Gasteiger partial charge on any atom is -0.393 e. The lowest BCUT2D eigenvalue weighted by Gasteiger charge is -2.34. The average Bonchev–Trinajstić information content (AvgIpc) is 2.85. The van der Waals surface area contributed by atoms with Crippen LogP contribution in [0.4, 0.5) is 17.1 Å². The Morgan fingerprint density at radius 3 is 2.32 bits per heavy atom. The molecule has 1 fully saturated rings. The summed E-state index contributed by atoms with van der Waals surface area (Å²) in [6.07, 6.45) is 1.50. The molecule has 34 heavy (non-hydrogen) atoms. The summed E-state index contributed by atoms with van der Waals surface area (Å²) in [5.74, 6) is -0.214. The van der Waals surface area contributed by atoms with E-state index in [-0.39, 0.29) is 17.9 Å². The van der Waals surface area contributed by atoms with E-state index in [9.17, 15) is 14.7 Å². The molecule has 1 aliphatic rings. The number of anilines is 3. The maximum atomic E-state index is 13.2. The quantitative estimate of drug-likeness (QED) is 0.575. The van der Waals surface area contributed by atoms with Gasteiger partial charge in [0, 0.05) is 31.4 Å². The topological polar surface area (TPSA) is 72.9 Å². The molecule has 176 valence electrons. The zero-order valence-electron chi connectivity index (χ0n) is 19.7. The Labute approximate surface area is 200 Å². The van der Waals surface area contributed by atoms with Crippen LogP contribution in [0.15, 0.2) is 72.8 Å². The predicted octanol–water partition coefficient (Wildman–Crippen LogP) is 4.41. The van der Waals surface area contributed by atoms with E-state index in [1.165, 1.54) is 0 Å². The van der Waals surface area contributed by atoms with Crippen molar-refractivity contribution in [1.29, 1.82) is 0 Å². The van der Waals surface area contributed by atoms with Crippen LogP contribution in [0.25, 0.3) is 0 Å². The van der Waals surface area contributed by atoms with Crippen LogP contribution in [0.5, 0.6) is 0 Å². The number of piperidine rings is 1. The van der Waals surface area contributed by atoms with Gasteiger partial charge in [-0.15, -0.1) is 0 Å². The Morgan fingerprint density at radius 1 is 0.971 bits per heavy atom. The van der Waals surface area contributed by atoms with E-state index in [4.69, 9.17) is 0 Å². The first-order valence-corrected chi connectivity index (χ1v) is 11.7. The summed E-state index contributed by atoms with van der Waals surface area (Å²) in [5.41, 5.74) is 5.11. The van der Waals surface area contributed by atoms with Crippen LogP contribution in [-0.4, -0.2) is 43.2 Å². The fraction of sp³-hybridized carbons (Fsp3) is 0.286. The third-order valence-corrected chi connectivity index (χ3v) is 6.38. The number of benzene rings is 3. The highest BCUT2D eigenvalue weighted by Crippen LogP contribution is 2.31. The number of nitrogens with one attached hydrogen (secondary N) is 1. The molecule has 6 nitrogen and oxygen atoms in total. The van der Waals surface area contributed by atoms with Gasteiger partial charge in [-0.1, -0.05) is 36.4 Å². The van der Waals surface area contributed by atoms with Gasteiger partial charge in [0.2, 0.25) is 5.91 Å². The van der Waals surface area contributed by atoms with Gasteiger partial charge in [0.25, 0.3) is 5.91 Å². The summed E-state index contributed by atoms with van der Waals surface area (Å²) in [6, 6.07) is 22.7. The molecule has 1 heterocycles. The van der Waals surface area contributed by atoms with E-state index >= 15 is 0 Å². The second kappa shape index (κ2) is 10.5.